The Hall–Kier alpha value is -2.09. The number of anilines is 1. The third-order valence-corrected chi connectivity index (χ3v) is 3.17. The zero-order chi connectivity index (χ0) is 13.8. The summed E-state index contributed by atoms with van der Waals surface area (Å²) in [5.74, 6) is 0.509. The lowest BCUT2D eigenvalue weighted by molar-refractivity contribution is 0.864. The van der Waals surface area contributed by atoms with E-state index >= 15 is 0 Å². The van der Waals surface area contributed by atoms with Crippen molar-refractivity contribution < 1.29 is 0 Å². The van der Waals surface area contributed by atoms with Gasteiger partial charge in [0.1, 0.15) is 0 Å². The van der Waals surface area contributed by atoms with Gasteiger partial charge in [0.2, 0.25) is 0 Å². The first kappa shape index (κ1) is 13.3. The summed E-state index contributed by atoms with van der Waals surface area (Å²) < 4.78 is 0. The van der Waals surface area contributed by atoms with Crippen LogP contribution in [0.1, 0.15) is 42.1 Å². The Kier molecular flexibility index (Phi) is 4.00. The van der Waals surface area contributed by atoms with Gasteiger partial charge in [-0.3, -0.25) is 4.98 Å². The normalized spacial score (nSPS) is 11.4. The highest BCUT2D eigenvalue weighted by Crippen LogP contribution is 2.22. The molecule has 0 spiro atoms. The molecule has 1 heterocycles. The van der Waals surface area contributed by atoms with E-state index in [-0.39, 0.29) is 0 Å². The smallest absolute Gasteiger partial charge is 0.0421 e. The van der Waals surface area contributed by atoms with Crippen molar-refractivity contribution in [2.75, 3.05) is 5.73 Å². The van der Waals surface area contributed by atoms with E-state index in [0.717, 1.165) is 16.9 Å². The van der Waals surface area contributed by atoms with Gasteiger partial charge in [0, 0.05) is 23.1 Å². The minimum absolute atomic E-state index is 0.509. The highest BCUT2D eigenvalue weighted by Gasteiger charge is 2.03. The van der Waals surface area contributed by atoms with Crippen molar-refractivity contribution in [3.8, 4) is 0 Å². The van der Waals surface area contributed by atoms with Gasteiger partial charge in [-0.15, -0.1) is 0 Å². The summed E-state index contributed by atoms with van der Waals surface area (Å²) in [6, 6.07) is 10.3. The zero-order valence-corrected chi connectivity index (χ0v) is 11.7. The Morgan fingerprint density at radius 1 is 1.11 bits per heavy atom. The molecule has 19 heavy (non-hydrogen) atoms. The summed E-state index contributed by atoms with van der Waals surface area (Å²) in [6.45, 7) is 6.35. The second-order valence-corrected chi connectivity index (χ2v) is 5.07. The first-order chi connectivity index (χ1) is 9.08. The SMILES string of the molecule is Cc1cc(N)c(/C=C/c2ccccc2C(C)C)cn1. The summed E-state index contributed by atoms with van der Waals surface area (Å²) in [7, 11) is 0. The van der Waals surface area contributed by atoms with Crippen molar-refractivity contribution in [1.82, 2.24) is 4.98 Å². The molecule has 0 fully saturated rings. The zero-order valence-electron chi connectivity index (χ0n) is 11.7. The lowest BCUT2D eigenvalue weighted by atomic mass is 9.96. The molecule has 0 aliphatic heterocycles. The van der Waals surface area contributed by atoms with E-state index in [2.05, 4.69) is 49.2 Å². The third-order valence-electron chi connectivity index (χ3n) is 3.17. The molecule has 1 aromatic carbocycles. The van der Waals surface area contributed by atoms with Gasteiger partial charge < -0.3 is 5.73 Å². The molecule has 0 aliphatic carbocycles. The number of aryl methyl sites for hydroxylation is 1. The fourth-order valence-electron chi connectivity index (χ4n) is 2.10. The van der Waals surface area contributed by atoms with E-state index in [0.29, 0.717) is 5.92 Å². The highest BCUT2D eigenvalue weighted by molar-refractivity contribution is 5.76. The number of benzene rings is 1. The van der Waals surface area contributed by atoms with Crippen LogP contribution in [0.3, 0.4) is 0 Å². The molecular formula is C17H20N2. The molecule has 98 valence electrons. The molecule has 0 radical (unpaired) electrons. The summed E-state index contributed by atoms with van der Waals surface area (Å²) in [5, 5.41) is 0. The Morgan fingerprint density at radius 2 is 1.79 bits per heavy atom. The highest BCUT2D eigenvalue weighted by atomic mass is 14.7. The first-order valence-corrected chi connectivity index (χ1v) is 6.57. The van der Waals surface area contributed by atoms with Crippen LogP contribution in [-0.4, -0.2) is 4.98 Å². The molecule has 0 saturated heterocycles. The van der Waals surface area contributed by atoms with Gasteiger partial charge in [0.25, 0.3) is 0 Å². The van der Waals surface area contributed by atoms with Gasteiger partial charge in [0.05, 0.1) is 0 Å². The lowest BCUT2D eigenvalue weighted by Crippen LogP contribution is -1.93. The van der Waals surface area contributed by atoms with E-state index in [9.17, 15) is 0 Å². The number of nitrogen functional groups attached to an aromatic ring is 1. The molecule has 2 rings (SSSR count). The van der Waals surface area contributed by atoms with Crippen LogP contribution in [0, 0.1) is 6.92 Å². The topological polar surface area (TPSA) is 38.9 Å². The number of nitrogens with two attached hydrogens (primary N) is 1. The molecule has 2 nitrogen and oxygen atoms in total. The number of hydrogen-bond donors (Lipinski definition) is 1. The predicted octanol–water partition coefficient (Wildman–Crippen LogP) is 4.27. The van der Waals surface area contributed by atoms with Gasteiger partial charge >= 0.3 is 0 Å². The molecule has 0 unspecified atom stereocenters. The fraction of sp³-hybridized carbons (Fsp3) is 0.235. The van der Waals surface area contributed by atoms with E-state index in [4.69, 9.17) is 5.73 Å². The van der Waals surface area contributed by atoms with Crippen LogP contribution in [0.4, 0.5) is 5.69 Å². The fourth-order valence-corrected chi connectivity index (χ4v) is 2.10. The van der Waals surface area contributed by atoms with Gasteiger partial charge in [-0.05, 0) is 30.0 Å². The van der Waals surface area contributed by atoms with Crippen LogP contribution < -0.4 is 5.73 Å². The van der Waals surface area contributed by atoms with E-state index < -0.39 is 0 Å². The number of rotatable bonds is 3. The van der Waals surface area contributed by atoms with Crippen LogP contribution in [-0.2, 0) is 0 Å². The molecular weight excluding hydrogens is 232 g/mol. The molecule has 0 bridgehead atoms. The average Bonchev–Trinajstić information content (AvgIpc) is 2.38. The molecule has 2 aromatic rings. The second-order valence-electron chi connectivity index (χ2n) is 5.07. The van der Waals surface area contributed by atoms with Crippen LogP contribution in [0.15, 0.2) is 36.5 Å². The van der Waals surface area contributed by atoms with Crippen molar-refractivity contribution in [3.63, 3.8) is 0 Å². The standard InChI is InChI=1S/C17H20N2/c1-12(2)16-7-5-4-6-14(16)8-9-15-11-19-13(3)10-17(15)18/h4-12H,1-3H3,(H2,18,19)/b9-8+. The maximum Gasteiger partial charge on any atom is 0.0421 e. The molecule has 0 atom stereocenters. The van der Waals surface area contributed by atoms with Crippen molar-refractivity contribution in [2.45, 2.75) is 26.7 Å². The summed E-state index contributed by atoms with van der Waals surface area (Å²) in [6.07, 6.45) is 5.96. The van der Waals surface area contributed by atoms with Gasteiger partial charge in [-0.2, -0.15) is 0 Å². The maximum atomic E-state index is 5.99. The van der Waals surface area contributed by atoms with Crippen molar-refractivity contribution in [2.24, 2.45) is 0 Å². The average molecular weight is 252 g/mol. The van der Waals surface area contributed by atoms with E-state index in [1.165, 1.54) is 11.1 Å². The molecule has 0 aliphatic rings. The molecule has 0 amide bonds. The Morgan fingerprint density at radius 3 is 2.47 bits per heavy atom. The second kappa shape index (κ2) is 5.70. The van der Waals surface area contributed by atoms with Crippen molar-refractivity contribution in [1.29, 1.82) is 0 Å². The number of pyridine rings is 1. The molecule has 2 N–H and O–H groups in total. The first-order valence-electron chi connectivity index (χ1n) is 6.57. The van der Waals surface area contributed by atoms with Crippen LogP contribution >= 0.6 is 0 Å². The largest absolute Gasteiger partial charge is 0.398 e. The van der Waals surface area contributed by atoms with Crippen molar-refractivity contribution in [3.05, 3.63) is 58.9 Å². The monoisotopic (exact) mass is 252 g/mol. The quantitative estimate of drug-likeness (QED) is 0.886. The number of nitrogens with zero attached hydrogens (tertiary/aromatic N) is 1. The van der Waals surface area contributed by atoms with E-state index in [1.54, 1.807) is 0 Å². The van der Waals surface area contributed by atoms with Crippen molar-refractivity contribution >= 4 is 17.8 Å². The minimum atomic E-state index is 0.509. The third kappa shape index (κ3) is 3.22. The van der Waals surface area contributed by atoms with Crippen LogP contribution in [0.25, 0.3) is 12.2 Å². The molecule has 1 aromatic heterocycles. The summed E-state index contributed by atoms with van der Waals surface area (Å²) in [4.78, 5) is 4.28. The number of aromatic nitrogens is 1. The van der Waals surface area contributed by atoms with Crippen LogP contribution in [0.5, 0.6) is 0 Å². The predicted molar refractivity (Wildman–Crippen MR) is 82.8 cm³/mol. The van der Waals surface area contributed by atoms with Gasteiger partial charge in [-0.1, -0.05) is 50.3 Å². The maximum absolute atomic E-state index is 5.99. The minimum Gasteiger partial charge on any atom is -0.398 e. The lowest BCUT2D eigenvalue weighted by Gasteiger charge is -2.09. The summed E-state index contributed by atoms with van der Waals surface area (Å²) >= 11 is 0. The van der Waals surface area contributed by atoms with Gasteiger partial charge in [0.15, 0.2) is 0 Å². The van der Waals surface area contributed by atoms with E-state index in [1.807, 2.05) is 25.3 Å². The summed E-state index contributed by atoms with van der Waals surface area (Å²) in [5.41, 5.74) is 11.2. The Balaban J connectivity index is 2.33. The number of hydrogen-bond acceptors (Lipinski definition) is 2. The molecule has 0 saturated carbocycles. The molecule has 2 heteroatoms. The Bertz CT molecular complexity index is 598. The Labute approximate surface area is 115 Å². The van der Waals surface area contributed by atoms with Crippen LogP contribution in [0.2, 0.25) is 0 Å². The van der Waals surface area contributed by atoms with Gasteiger partial charge in [-0.25, -0.2) is 0 Å².